The average molecular weight is 325 g/mol. The van der Waals surface area contributed by atoms with Crippen molar-refractivity contribution < 1.29 is 5.11 Å². The smallest absolute Gasteiger partial charge is 0.0446 e. The number of benzene rings is 1. The number of aliphatic hydroxyl groups excluding tert-OH is 1. The molecule has 4 nitrogen and oxygen atoms in total. The lowest BCUT2D eigenvalue weighted by molar-refractivity contribution is 0.0498. The minimum absolute atomic E-state index is 0.246. The second-order valence-corrected chi connectivity index (χ2v) is 6.66. The van der Waals surface area contributed by atoms with Crippen LogP contribution in [0.4, 0.5) is 0 Å². The van der Waals surface area contributed by atoms with Crippen molar-refractivity contribution in [2.24, 2.45) is 0 Å². The zero-order valence-electron chi connectivity index (χ0n) is 14.4. The Morgan fingerprint density at radius 2 is 2.00 bits per heavy atom. The molecule has 0 bridgehead atoms. The quantitative estimate of drug-likeness (QED) is 0.886. The monoisotopic (exact) mass is 325 g/mol. The lowest BCUT2D eigenvalue weighted by Crippen LogP contribution is -2.52. The highest BCUT2D eigenvalue weighted by Gasteiger charge is 2.26. The summed E-state index contributed by atoms with van der Waals surface area (Å²) in [7, 11) is 0. The molecule has 0 amide bonds. The van der Waals surface area contributed by atoms with Crippen molar-refractivity contribution in [2.45, 2.75) is 32.5 Å². The summed E-state index contributed by atoms with van der Waals surface area (Å²) in [5.74, 6) is 0. The molecule has 1 atom stereocenters. The Morgan fingerprint density at radius 1 is 1.12 bits per heavy atom. The van der Waals surface area contributed by atoms with Crippen molar-refractivity contribution in [3.63, 3.8) is 0 Å². The molecule has 24 heavy (non-hydrogen) atoms. The van der Waals surface area contributed by atoms with Gasteiger partial charge in [0.1, 0.15) is 0 Å². The van der Waals surface area contributed by atoms with Crippen molar-refractivity contribution in [1.82, 2.24) is 14.8 Å². The Kier molecular flexibility index (Phi) is 5.96. The number of nitrogens with zero attached hydrogens (tertiary/aromatic N) is 3. The van der Waals surface area contributed by atoms with E-state index in [0.717, 1.165) is 39.1 Å². The van der Waals surface area contributed by atoms with Gasteiger partial charge in [-0.3, -0.25) is 14.8 Å². The van der Waals surface area contributed by atoms with E-state index < -0.39 is 0 Å². The van der Waals surface area contributed by atoms with Crippen LogP contribution in [0.25, 0.3) is 0 Å². The third kappa shape index (κ3) is 4.41. The van der Waals surface area contributed by atoms with Gasteiger partial charge >= 0.3 is 0 Å². The third-order valence-electron chi connectivity index (χ3n) is 4.91. The van der Waals surface area contributed by atoms with Crippen LogP contribution in [0.1, 0.15) is 23.1 Å². The predicted molar refractivity (Wildman–Crippen MR) is 96.6 cm³/mol. The SMILES string of the molecule is Cc1ccccc1CN1CCN(Cc2cccnc2)CC1CCO. The third-order valence-corrected chi connectivity index (χ3v) is 4.91. The van der Waals surface area contributed by atoms with Crippen molar-refractivity contribution in [3.8, 4) is 0 Å². The van der Waals surface area contributed by atoms with Crippen LogP contribution < -0.4 is 0 Å². The Labute approximate surface area is 144 Å². The molecule has 4 heteroatoms. The molecule has 1 aliphatic heterocycles. The van der Waals surface area contributed by atoms with Crippen LogP contribution >= 0.6 is 0 Å². The topological polar surface area (TPSA) is 39.6 Å². The van der Waals surface area contributed by atoms with Gasteiger partial charge in [0, 0.05) is 57.8 Å². The fourth-order valence-electron chi connectivity index (χ4n) is 3.49. The fourth-order valence-corrected chi connectivity index (χ4v) is 3.49. The summed E-state index contributed by atoms with van der Waals surface area (Å²) in [6.07, 6.45) is 4.59. The van der Waals surface area contributed by atoms with E-state index in [9.17, 15) is 5.11 Å². The highest BCUT2D eigenvalue weighted by Crippen LogP contribution is 2.19. The summed E-state index contributed by atoms with van der Waals surface area (Å²) in [5.41, 5.74) is 3.99. The number of piperazine rings is 1. The van der Waals surface area contributed by atoms with Crippen molar-refractivity contribution in [3.05, 3.63) is 65.5 Å². The summed E-state index contributed by atoms with van der Waals surface area (Å²) in [4.78, 5) is 9.21. The minimum atomic E-state index is 0.246. The molecule has 0 saturated carbocycles. The van der Waals surface area contributed by atoms with Gasteiger partial charge in [0.15, 0.2) is 0 Å². The first kappa shape index (κ1) is 17.1. The van der Waals surface area contributed by atoms with Crippen LogP contribution in [0.5, 0.6) is 0 Å². The summed E-state index contributed by atoms with van der Waals surface area (Å²) >= 11 is 0. The first-order chi connectivity index (χ1) is 11.8. The van der Waals surface area contributed by atoms with Gasteiger partial charge in [0.25, 0.3) is 0 Å². The zero-order valence-corrected chi connectivity index (χ0v) is 14.4. The van der Waals surface area contributed by atoms with Crippen LogP contribution in [-0.2, 0) is 13.1 Å². The van der Waals surface area contributed by atoms with E-state index in [2.05, 4.69) is 52.0 Å². The molecule has 1 aromatic heterocycles. The first-order valence-corrected chi connectivity index (χ1v) is 8.77. The summed E-state index contributed by atoms with van der Waals surface area (Å²) in [6, 6.07) is 13.1. The standard InChI is InChI=1S/C20H27N3O/c1-17-5-2-3-7-19(17)15-23-11-10-22(16-20(23)8-12-24)14-18-6-4-9-21-13-18/h2-7,9,13,20,24H,8,10-12,14-16H2,1H3. The first-order valence-electron chi connectivity index (χ1n) is 8.77. The number of aliphatic hydroxyl groups is 1. The second-order valence-electron chi connectivity index (χ2n) is 6.66. The van der Waals surface area contributed by atoms with E-state index in [1.54, 1.807) is 0 Å². The van der Waals surface area contributed by atoms with Gasteiger partial charge in [0.05, 0.1) is 0 Å². The minimum Gasteiger partial charge on any atom is -0.396 e. The molecule has 1 saturated heterocycles. The molecule has 0 aliphatic carbocycles. The number of rotatable bonds is 6. The van der Waals surface area contributed by atoms with Gasteiger partial charge < -0.3 is 5.11 Å². The van der Waals surface area contributed by atoms with Gasteiger partial charge in [-0.1, -0.05) is 30.3 Å². The van der Waals surface area contributed by atoms with Crippen LogP contribution in [0.3, 0.4) is 0 Å². The molecular formula is C20H27N3O. The molecule has 1 aliphatic rings. The Hall–Kier alpha value is -1.75. The maximum Gasteiger partial charge on any atom is 0.0446 e. The van der Waals surface area contributed by atoms with E-state index in [1.165, 1.54) is 16.7 Å². The van der Waals surface area contributed by atoms with Gasteiger partial charge in [-0.25, -0.2) is 0 Å². The van der Waals surface area contributed by atoms with Crippen molar-refractivity contribution >= 4 is 0 Å². The van der Waals surface area contributed by atoms with Gasteiger partial charge in [0.2, 0.25) is 0 Å². The van der Waals surface area contributed by atoms with Crippen LogP contribution in [0.2, 0.25) is 0 Å². The Bertz CT molecular complexity index is 632. The molecular weight excluding hydrogens is 298 g/mol. The molecule has 1 N–H and O–H groups in total. The van der Waals surface area contributed by atoms with Gasteiger partial charge in [-0.2, -0.15) is 0 Å². The van der Waals surface area contributed by atoms with E-state index in [1.807, 2.05) is 18.5 Å². The highest BCUT2D eigenvalue weighted by molar-refractivity contribution is 5.25. The predicted octanol–water partition coefficient (Wildman–Crippen LogP) is 2.46. The van der Waals surface area contributed by atoms with Crippen LogP contribution in [0, 0.1) is 6.92 Å². The lowest BCUT2D eigenvalue weighted by atomic mass is 10.0. The molecule has 2 heterocycles. The van der Waals surface area contributed by atoms with Gasteiger partial charge in [-0.05, 0) is 36.1 Å². The Balaban J connectivity index is 1.64. The van der Waals surface area contributed by atoms with Crippen LogP contribution in [-0.4, -0.2) is 52.2 Å². The highest BCUT2D eigenvalue weighted by atomic mass is 16.3. The number of hydrogen-bond acceptors (Lipinski definition) is 4. The Morgan fingerprint density at radius 3 is 2.75 bits per heavy atom. The number of aryl methyl sites for hydroxylation is 1. The molecule has 0 spiro atoms. The molecule has 1 unspecified atom stereocenters. The largest absolute Gasteiger partial charge is 0.396 e. The van der Waals surface area contributed by atoms with Gasteiger partial charge in [-0.15, -0.1) is 0 Å². The molecule has 128 valence electrons. The van der Waals surface area contributed by atoms with E-state index in [4.69, 9.17) is 0 Å². The van der Waals surface area contributed by atoms with Crippen molar-refractivity contribution in [2.75, 3.05) is 26.2 Å². The summed E-state index contributed by atoms with van der Waals surface area (Å²) < 4.78 is 0. The summed E-state index contributed by atoms with van der Waals surface area (Å²) in [6.45, 7) is 7.43. The molecule has 3 rings (SSSR count). The lowest BCUT2D eigenvalue weighted by Gasteiger charge is -2.41. The van der Waals surface area contributed by atoms with E-state index in [0.29, 0.717) is 6.04 Å². The maximum absolute atomic E-state index is 9.48. The number of pyridine rings is 1. The zero-order chi connectivity index (χ0) is 16.8. The van der Waals surface area contributed by atoms with Crippen LogP contribution in [0.15, 0.2) is 48.8 Å². The number of hydrogen-bond donors (Lipinski definition) is 1. The molecule has 2 aromatic rings. The number of aromatic nitrogens is 1. The van der Waals surface area contributed by atoms with Crippen molar-refractivity contribution in [1.29, 1.82) is 0 Å². The average Bonchev–Trinajstić information content (AvgIpc) is 2.60. The molecule has 1 aromatic carbocycles. The normalized spacial score (nSPS) is 19.5. The summed E-state index contributed by atoms with van der Waals surface area (Å²) in [5, 5.41) is 9.48. The second kappa shape index (κ2) is 8.38. The van der Waals surface area contributed by atoms with E-state index >= 15 is 0 Å². The molecule has 0 radical (unpaired) electrons. The van der Waals surface area contributed by atoms with E-state index in [-0.39, 0.29) is 6.61 Å². The fraction of sp³-hybridized carbons (Fsp3) is 0.450. The maximum atomic E-state index is 9.48. The molecule has 1 fully saturated rings.